The Kier molecular flexibility index (Phi) is 2.09. The van der Waals surface area contributed by atoms with Crippen molar-refractivity contribution in [2.75, 3.05) is 0 Å². The van der Waals surface area contributed by atoms with Crippen LogP contribution in [0.25, 0.3) is 0 Å². The first-order chi connectivity index (χ1) is 6.59. The minimum absolute atomic E-state index is 0.133. The number of benzene rings is 1. The van der Waals surface area contributed by atoms with Crippen LogP contribution in [0.4, 0.5) is 0 Å². The molecule has 4 nitrogen and oxygen atoms in total. The zero-order chi connectivity index (χ0) is 10.3. The SMILES string of the molecule is O=C1N=c2ccc(Cl)c(Cl)c2=NC1=O. The van der Waals surface area contributed by atoms with Gasteiger partial charge in [-0.3, -0.25) is 9.59 Å². The van der Waals surface area contributed by atoms with Gasteiger partial charge in [0.25, 0.3) is 0 Å². The molecule has 0 bridgehead atoms. The summed E-state index contributed by atoms with van der Waals surface area (Å²) in [5, 5.41) is 0.827. The largest absolute Gasteiger partial charge is 0.338 e. The first-order valence-electron chi connectivity index (χ1n) is 3.59. The summed E-state index contributed by atoms with van der Waals surface area (Å²) in [6.45, 7) is 0. The van der Waals surface area contributed by atoms with Gasteiger partial charge in [-0.1, -0.05) is 23.2 Å². The minimum atomic E-state index is -0.929. The molecule has 0 radical (unpaired) electrons. The second-order valence-electron chi connectivity index (χ2n) is 2.56. The highest BCUT2D eigenvalue weighted by molar-refractivity contribution is 6.42. The van der Waals surface area contributed by atoms with Crippen molar-refractivity contribution in [1.82, 2.24) is 0 Å². The van der Waals surface area contributed by atoms with Crippen LogP contribution in [0.5, 0.6) is 0 Å². The fourth-order valence-electron chi connectivity index (χ4n) is 1.03. The maximum absolute atomic E-state index is 10.9. The molecule has 0 aliphatic carbocycles. The van der Waals surface area contributed by atoms with Gasteiger partial charge in [0.2, 0.25) is 0 Å². The van der Waals surface area contributed by atoms with Crippen molar-refractivity contribution in [2.45, 2.75) is 0 Å². The van der Waals surface area contributed by atoms with Crippen LogP contribution in [-0.4, -0.2) is 11.8 Å². The van der Waals surface area contributed by atoms with Gasteiger partial charge in [0.1, 0.15) is 5.36 Å². The van der Waals surface area contributed by atoms with Crippen LogP contribution < -0.4 is 10.7 Å². The lowest BCUT2D eigenvalue weighted by atomic mass is 10.3. The monoisotopic (exact) mass is 228 g/mol. The fraction of sp³-hybridized carbons (Fsp3) is 0. The van der Waals surface area contributed by atoms with Gasteiger partial charge in [0, 0.05) is 0 Å². The lowest BCUT2D eigenvalue weighted by molar-refractivity contribution is -0.135. The standard InChI is InChI=1S/C8H2Cl2N2O2/c9-3-1-2-4-6(5(3)10)12-8(14)7(13)11-4/h1-2H. The molecule has 14 heavy (non-hydrogen) atoms. The number of hydrogen-bond donors (Lipinski definition) is 0. The number of rotatable bonds is 0. The molecule has 1 aliphatic rings. The first-order valence-corrected chi connectivity index (χ1v) is 4.35. The average molecular weight is 229 g/mol. The van der Waals surface area contributed by atoms with Crippen molar-refractivity contribution in [1.29, 1.82) is 0 Å². The lowest BCUT2D eigenvalue weighted by Gasteiger charge is -1.99. The van der Waals surface area contributed by atoms with E-state index in [2.05, 4.69) is 9.98 Å². The third-order valence-corrected chi connectivity index (χ3v) is 2.46. The van der Waals surface area contributed by atoms with Crippen molar-refractivity contribution in [3.63, 3.8) is 0 Å². The molecular formula is C8H2Cl2N2O2. The number of carbonyl (C=O) groups is 2. The number of fused-ring (bicyclic) bond motifs is 1. The highest BCUT2D eigenvalue weighted by atomic mass is 35.5. The van der Waals surface area contributed by atoms with E-state index in [0.717, 1.165) is 0 Å². The Balaban J connectivity index is 2.93. The Bertz CT molecular complexity index is 565. The predicted molar refractivity (Wildman–Crippen MR) is 48.8 cm³/mol. The Morgan fingerprint density at radius 2 is 1.64 bits per heavy atom. The molecule has 1 heterocycles. The third-order valence-electron chi connectivity index (χ3n) is 1.67. The highest BCUT2D eigenvalue weighted by Crippen LogP contribution is 2.14. The molecule has 6 heteroatoms. The molecule has 2 rings (SSSR count). The molecule has 0 atom stereocenters. The van der Waals surface area contributed by atoms with Gasteiger partial charge in [-0.15, -0.1) is 0 Å². The van der Waals surface area contributed by atoms with Crippen molar-refractivity contribution in [2.24, 2.45) is 9.98 Å². The third kappa shape index (κ3) is 1.32. The van der Waals surface area contributed by atoms with Gasteiger partial charge in [-0.2, -0.15) is 0 Å². The fourth-order valence-corrected chi connectivity index (χ4v) is 1.39. The van der Waals surface area contributed by atoms with E-state index in [1.54, 1.807) is 0 Å². The molecule has 0 unspecified atom stereocenters. The normalized spacial score (nSPS) is 14.4. The Labute approximate surface area is 87.9 Å². The van der Waals surface area contributed by atoms with Crippen LogP contribution in [0.3, 0.4) is 0 Å². The maximum atomic E-state index is 10.9. The lowest BCUT2D eigenvalue weighted by Crippen LogP contribution is -2.35. The van der Waals surface area contributed by atoms with Crippen molar-refractivity contribution in [3.05, 3.63) is 32.9 Å². The quantitative estimate of drug-likeness (QED) is 0.600. The zero-order valence-electron chi connectivity index (χ0n) is 6.62. The van der Waals surface area contributed by atoms with Gasteiger partial charge < -0.3 is 0 Å². The van der Waals surface area contributed by atoms with Gasteiger partial charge in [0.05, 0.1) is 15.4 Å². The van der Waals surface area contributed by atoms with Crippen LogP contribution >= 0.6 is 23.2 Å². The molecular weight excluding hydrogens is 227 g/mol. The topological polar surface area (TPSA) is 58.9 Å². The first kappa shape index (κ1) is 9.30. The van der Waals surface area contributed by atoms with E-state index in [9.17, 15) is 9.59 Å². The van der Waals surface area contributed by atoms with Crippen LogP contribution in [0.1, 0.15) is 0 Å². The summed E-state index contributed by atoms with van der Waals surface area (Å²) in [4.78, 5) is 28.8. The van der Waals surface area contributed by atoms with Crippen molar-refractivity contribution < 1.29 is 9.59 Å². The molecule has 0 saturated heterocycles. The Hall–Kier alpha value is -1.26. The van der Waals surface area contributed by atoms with Crippen molar-refractivity contribution in [3.8, 4) is 0 Å². The van der Waals surface area contributed by atoms with E-state index >= 15 is 0 Å². The predicted octanol–water partition coefficient (Wildman–Crippen LogP) is 0.299. The molecule has 0 spiro atoms. The summed E-state index contributed by atoms with van der Waals surface area (Å²) in [5.41, 5.74) is 0. The highest BCUT2D eigenvalue weighted by Gasteiger charge is 2.17. The second kappa shape index (κ2) is 3.15. The minimum Gasteiger partial charge on any atom is -0.261 e. The van der Waals surface area contributed by atoms with Crippen LogP contribution in [-0.2, 0) is 9.59 Å². The molecule has 0 N–H and O–H groups in total. The molecule has 1 aromatic rings. The van der Waals surface area contributed by atoms with Crippen LogP contribution in [0, 0.1) is 0 Å². The second-order valence-corrected chi connectivity index (χ2v) is 3.35. The Morgan fingerprint density at radius 1 is 1.00 bits per heavy atom. The molecule has 1 aliphatic heterocycles. The summed E-state index contributed by atoms with van der Waals surface area (Å²) in [5.74, 6) is -1.82. The number of carbonyl (C=O) groups excluding carboxylic acids is 2. The average Bonchev–Trinajstić information content (AvgIpc) is 2.15. The summed E-state index contributed by atoms with van der Waals surface area (Å²) >= 11 is 11.5. The van der Waals surface area contributed by atoms with Gasteiger partial charge in [0.15, 0.2) is 0 Å². The van der Waals surface area contributed by atoms with E-state index in [1.165, 1.54) is 12.1 Å². The number of amides is 2. The molecule has 2 amide bonds. The zero-order valence-corrected chi connectivity index (χ0v) is 8.13. The van der Waals surface area contributed by atoms with Gasteiger partial charge in [-0.25, -0.2) is 9.98 Å². The molecule has 0 fully saturated rings. The molecule has 70 valence electrons. The molecule has 1 aromatic carbocycles. The summed E-state index contributed by atoms with van der Waals surface area (Å²) in [6.07, 6.45) is 0. The summed E-state index contributed by atoms with van der Waals surface area (Å²) in [6, 6.07) is 2.97. The number of hydrogen-bond acceptors (Lipinski definition) is 2. The number of halogens is 2. The molecule has 0 aromatic heterocycles. The summed E-state index contributed by atoms with van der Waals surface area (Å²) in [7, 11) is 0. The van der Waals surface area contributed by atoms with E-state index in [-0.39, 0.29) is 20.8 Å². The van der Waals surface area contributed by atoms with Crippen LogP contribution in [0.2, 0.25) is 10.0 Å². The van der Waals surface area contributed by atoms with E-state index in [0.29, 0.717) is 0 Å². The van der Waals surface area contributed by atoms with E-state index in [1.807, 2.05) is 0 Å². The summed E-state index contributed by atoms with van der Waals surface area (Å²) < 4.78 is 0. The molecule has 0 saturated carbocycles. The number of nitrogens with zero attached hydrogens (tertiary/aromatic N) is 2. The smallest absolute Gasteiger partial charge is 0.261 e. The Morgan fingerprint density at radius 3 is 2.36 bits per heavy atom. The van der Waals surface area contributed by atoms with Gasteiger partial charge in [-0.05, 0) is 12.1 Å². The van der Waals surface area contributed by atoms with Crippen molar-refractivity contribution >= 4 is 35.0 Å². The van der Waals surface area contributed by atoms with E-state index < -0.39 is 11.8 Å². The maximum Gasteiger partial charge on any atom is 0.338 e. The van der Waals surface area contributed by atoms with E-state index in [4.69, 9.17) is 23.2 Å². The van der Waals surface area contributed by atoms with Crippen LogP contribution in [0.15, 0.2) is 22.1 Å². The van der Waals surface area contributed by atoms with Gasteiger partial charge >= 0.3 is 11.8 Å².